The van der Waals surface area contributed by atoms with Crippen LogP contribution in [0.5, 0.6) is 5.75 Å². The number of imidazole rings is 1. The van der Waals surface area contributed by atoms with E-state index in [-0.39, 0.29) is 11.7 Å². The fraction of sp³-hybridized carbons (Fsp3) is 0.520. The normalized spacial score (nSPS) is 17.0. The molecule has 0 saturated carbocycles. The van der Waals surface area contributed by atoms with Gasteiger partial charge in [0.05, 0.1) is 6.61 Å². The van der Waals surface area contributed by atoms with Gasteiger partial charge in [0.2, 0.25) is 0 Å². The van der Waals surface area contributed by atoms with Crippen LogP contribution in [-0.2, 0) is 24.2 Å². The Hall–Kier alpha value is -3.27. The van der Waals surface area contributed by atoms with Gasteiger partial charge in [-0.25, -0.2) is 4.98 Å². The number of fused-ring (bicyclic) bond motifs is 2. The number of nitrogens with two attached hydrogens (primary N) is 1. The van der Waals surface area contributed by atoms with Crippen molar-refractivity contribution in [2.75, 3.05) is 25.4 Å². The summed E-state index contributed by atoms with van der Waals surface area (Å²) in [7, 11) is 0. The zero-order valence-electron chi connectivity index (χ0n) is 20.1. The molecule has 1 saturated heterocycles. The standard InChI is InChI=1S/C25H31FN6O3/c1-14-11-17-6-10-35-19(17)12-18(14)13-20-28-21-22(27)29-25(26)30-23(21)32(20)9-5-16-3-7-31(8-4-16)24(34)15(2)33/h11-12,15-16,33H,3-10,13H2,1-2H3,(H2,27,29,30)/t15-/m0/s1. The van der Waals surface area contributed by atoms with Crippen LogP contribution in [0.4, 0.5) is 10.2 Å². The lowest BCUT2D eigenvalue weighted by Gasteiger charge is -2.32. The topological polar surface area (TPSA) is 119 Å². The molecule has 0 unspecified atom stereocenters. The van der Waals surface area contributed by atoms with Crippen molar-refractivity contribution < 1.29 is 19.0 Å². The predicted molar refractivity (Wildman–Crippen MR) is 128 cm³/mol. The fourth-order valence-corrected chi connectivity index (χ4v) is 5.18. The number of aryl methyl sites for hydroxylation is 2. The number of hydrogen-bond donors (Lipinski definition) is 2. The van der Waals surface area contributed by atoms with Gasteiger partial charge in [-0.1, -0.05) is 6.07 Å². The van der Waals surface area contributed by atoms with Crippen molar-refractivity contribution in [3.05, 3.63) is 40.7 Å². The molecule has 3 N–H and O–H groups in total. The van der Waals surface area contributed by atoms with Crippen molar-refractivity contribution in [2.24, 2.45) is 5.92 Å². The third-order valence-electron chi connectivity index (χ3n) is 7.21. The van der Waals surface area contributed by atoms with Gasteiger partial charge in [0, 0.05) is 32.5 Å². The second kappa shape index (κ2) is 9.41. The number of rotatable bonds is 6. The lowest BCUT2D eigenvalue weighted by atomic mass is 9.93. The highest BCUT2D eigenvalue weighted by Gasteiger charge is 2.26. The predicted octanol–water partition coefficient (Wildman–Crippen LogP) is 2.39. The molecule has 4 heterocycles. The van der Waals surface area contributed by atoms with E-state index in [1.807, 2.05) is 4.57 Å². The summed E-state index contributed by atoms with van der Waals surface area (Å²) >= 11 is 0. The quantitative estimate of drug-likeness (QED) is 0.518. The van der Waals surface area contributed by atoms with Crippen molar-refractivity contribution in [3.8, 4) is 5.75 Å². The number of likely N-dealkylation sites (tertiary alicyclic amines) is 1. The molecule has 10 heteroatoms. The number of halogens is 1. The van der Waals surface area contributed by atoms with Gasteiger partial charge < -0.3 is 25.0 Å². The van der Waals surface area contributed by atoms with Crippen LogP contribution in [0.25, 0.3) is 11.2 Å². The van der Waals surface area contributed by atoms with Crippen LogP contribution in [0.1, 0.15) is 48.7 Å². The molecule has 5 rings (SSSR count). The van der Waals surface area contributed by atoms with Crippen LogP contribution < -0.4 is 10.5 Å². The van der Waals surface area contributed by atoms with E-state index < -0.39 is 12.2 Å². The first-order chi connectivity index (χ1) is 16.8. The van der Waals surface area contributed by atoms with Gasteiger partial charge >= 0.3 is 6.08 Å². The van der Waals surface area contributed by atoms with Crippen LogP contribution in [0, 0.1) is 18.9 Å². The van der Waals surface area contributed by atoms with E-state index in [1.54, 1.807) is 4.90 Å². The van der Waals surface area contributed by atoms with Crippen molar-refractivity contribution in [2.45, 2.75) is 58.6 Å². The summed E-state index contributed by atoms with van der Waals surface area (Å²) in [5.74, 6) is 1.89. The second-order valence-electron chi connectivity index (χ2n) is 9.62. The summed E-state index contributed by atoms with van der Waals surface area (Å²) in [5.41, 5.74) is 10.3. The number of nitrogens with zero attached hydrogens (tertiary/aromatic N) is 5. The Morgan fingerprint density at radius 2 is 2.06 bits per heavy atom. The third-order valence-corrected chi connectivity index (χ3v) is 7.21. The summed E-state index contributed by atoms with van der Waals surface area (Å²) in [6.45, 7) is 6.15. The lowest BCUT2D eigenvalue weighted by molar-refractivity contribution is -0.140. The van der Waals surface area contributed by atoms with Gasteiger partial charge in [0.25, 0.3) is 5.91 Å². The van der Waals surface area contributed by atoms with E-state index in [9.17, 15) is 14.3 Å². The molecule has 0 radical (unpaired) electrons. The minimum absolute atomic E-state index is 0.0338. The molecular formula is C25H31FN6O3. The maximum absolute atomic E-state index is 14.1. The van der Waals surface area contributed by atoms with Crippen LogP contribution in [0.3, 0.4) is 0 Å². The van der Waals surface area contributed by atoms with E-state index >= 15 is 0 Å². The number of ether oxygens (including phenoxy) is 1. The molecule has 186 valence electrons. The molecule has 0 spiro atoms. The van der Waals surface area contributed by atoms with E-state index in [4.69, 9.17) is 15.5 Å². The minimum Gasteiger partial charge on any atom is -0.493 e. The zero-order chi connectivity index (χ0) is 24.7. The summed E-state index contributed by atoms with van der Waals surface area (Å²) in [5, 5.41) is 9.57. The SMILES string of the molecule is Cc1cc2c(cc1Cc1nc3c(N)nc(F)nc3n1CCC1CCN(C(=O)[C@H](C)O)CC1)OCC2. The number of hydrogen-bond acceptors (Lipinski definition) is 7. The summed E-state index contributed by atoms with van der Waals surface area (Å²) in [4.78, 5) is 26.2. The first-order valence-electron chi connectivity index (χ1n) is 12.2. The minimum atomic E-state index is -0.973. The number of nitrogen functional groups attached to an aromatic ring is 1. The number of carbonyl (C=O) groups is 1. The maximum atomic E-state index is 14.1. The first kappa shape index (κ1) is 23.5. The lowest BCUT2D eigenvalue weighted by Crippen LogP contribution is -2.43. The molecule has 35 heavy (non-hydrogen) atoms. The Labute approximate surface area is 203 Å². The van der Waals surface area contributed by atoms with Crippen LogP contribution in [-0.4, -0.2) is 61.2 Å². The molecule has 2 aromatic heterocycles. The van der Waals surface area contributed by atoms with Gasteiger partial charge in [-0.05, 0) is 61.8 Å². The van der Waals surface area contributed by atoms with Gasteiger partial charge in [0.15, 0.2) is 17.0 Å². The molecule has 1 atom stereocenters. The number of anilines is 1. The molecule has 2 aliphatic rings. The molecule has 2 aliphatic heterocycles. The number of aliphatic hydroxyl groups is 1. The van der Waals surface area contributed by atoms with Gasteiger partial charge in [-0.3, -0.25) is 4.79 Å². The first-order valence-corrected chi connectivity index (χ1v) is 12.2. The smallest absolute Gasteiger partial charge is 0.312 e. The van der Waals surface area contributed by atoms with Crippen molar-refractivity contribution in [1.82, 2.24) is 24.4 Å². The van der Waals surface area contributed by atoms with Crippen LogP contribution in [0.15, 0.2) is 12.1 Å². The Bertz CT molecular complexity index is 1270. The van der Waals surface area contributed by atoms with Gasteiger partial charge in [-0.2, -0.15) is 14.4 Å². The summed E-state index contributed by atoms with van der Waals surface area (Å²) in [6.07, 6.45) is 2.17. The number of benzene rings is 1. The van der Waals surface area contributed by atoms with Crippen molar-refractivity contribution in [1.29, 1.82) is 0 Å². The largest absolute Gasteiger partial charge is 0.493 e. The molecule has 9 nitrogen and oxygen atoms in total. The number of aromatic nitrogens is 4. The van der Waals surface area contributed by atoms with Gasteiger partial charge in [0.1, 0.15) is 17.7 Å². The summed E-state index contributed by atoms with van der Waals surface area (Å²) in [6, 6.07) is 4.24. The van der Waals surface area contributed by atoms with E-state index in [0.717, 1.165) is 48.4 Å². The Balaban J connectivity index is 1.38. The van der Waals surface area contributed by atoms with Crippen molar-refractivity contribution >= 4 is 22.9 Å². The number of piperidine rings is 1. The highest BCUT2D eigenvalue weighted by Crippen LogP contribution is 2.31. The van der Waals surface area contributed by atoms with Crippen LogP contribution >= 0.6 is 0 Å². The molecule has 1 aromatic carbocycles. The molecule has 1 fully saturated rings. The highest BCUT2D eigenvalue weighted by atomic mass is 19.1. The Morgan fingerprint density at radius 3 is 2.80 bits per heavy atom. The molecule has 0 bridgehead atoms. The average Bonchev–Trinajstić information content (AvgIpc) is 3.41. The zero-order valence-corrected chi connectivity index (χ0v) is 20.1. The Kier molecular flexibility index (Phi) is 6.31. The van der Waals surface area contributed by atoms with E-state index in [1.165, 1.54) is 12.5 Å². The van der Waals surface area contributed by atoms with E-state index in [2.05, 4.69) is 29.0 Å². The molecule has 1 amide bonds. The van der Waals surface area contributed by atoms with Crippen molar-refractivity contribution in [3.63, 3.8) is 0 Å². The average molecular weight is 483 g/mol. The fourth-order valence-electron chi connectivity index (χ4n) is 5.18. The molecular weight excluding hydrogens is 451 g/mol. The third kappa shape index (κ3) is 4.67. The highest BCUT2D eigenvalue weighted by molar-refractivity contribution is 5.82. The molecule has 3 aromatic rings. The molecule has 0 aliphatic carbocycles. The Morgan fingerprint density at radius 1 is 1.29 bits per heavy atom. The number of aliphatic hydroxyl groups excluding tert-OH is 1. The van der Waals surface area contributed by atoms with Gasteiger partial charge in [-0.15, -0.1) is 0 Å². The second-order valence-corrected chi connectivity index (χ2v) is 9.62. The maximum Gasteiger partial charge on any atom is 0.312 e. The monoisotopic (exact) mass is 482 g/mol. The van der Waals surface area contributed by atoms with Crippen LogP contribution in [0.2, 0.25) is 0 Å². The number of amides is 1. The number of carbonyl (C=O) groups excluding carboxylic acids is 1. The summed E-state index contributed by atoms with van der Waals surface area (Å²) < 4.78 is 21.8. The van der Waals surface area contributed by atoms with E-state index in [0.29, 0.717) is 49.7 Å².